The Morgan fingerprint density at radius 1 is 0.686 bits per heavy atom. The molecule has 0 aliphatic heterocycles. The predicted molar refractivity (Wildman–Crippen MR) is 320 cm³/mol. The summed E-state index contributed by atoms with van der Waals surface area (Å²) in [5, 5.41) is 51.6. The molecule has 21 nitrogen and oxygen atoms in total. The molecule has 0 spiro atoms. The number of aliphatic hydroxyl groups excluding tert-OH is 3. The van der Waals surface area contributed by atoms with E-state index in [4.69, 9.17) is 21.9 Å². The van der Waals surface area contributed by atoms with E-state index in [-0.39, 0.29) is 18.4 Å². The highest BCUT2D eigenvalue weighted by molar-refractivity contribution is 5.99. The van der Waals surface area contributed by atoms with Gasteiger partial charge < -0.3 is 63.6 Å². The van der Waals surface area contributed by atoms with E-state index in [1.807, 2.05) is 69.3 Å². The first-order valence-corrected chi connectivity index (χ1v) is 29.1. The predicted octanol–water partition coefficient (Wildman–Crippen LogP) is 3.33. The maximum Gasteiger partial charge on any atom is 0.305 e. The topological polar surface area (TPSA) is 370 Å². The third-order valence-electron chi connectivity index (χ3n) is 15.0. The Morgan fingerprint density at radius 2 is 1.30 bits per heavy atom. The van der Waals surface area contributed by atoms with Crippen LogP contribution in [-0.4, -0.2) is 136 Å². The molecule has 0 unspecified atom stereocenters. The largest absolute Gasteiger partial charge is 0.494 e. The third-order valence-corrected chi connectivity index (χ3v) is 15.0. The van der Waals surface area contributed by atoms with Gasteiger partial charge in [0.15, 0.2) is 17.3 Å². The summed E-state index contributed by atoms with van der Waals surface area (Å²) in [4.78, 5) is 122. The summed E-state index contributed by atoms with van der Waals surface area (Å²) in [6.07, 6.45) is -3.55. The quantitative estimate of drug-likeness (QED) is 0.0287. The molecule has 4 aromatic rings. The average Bonchev–Trinajstić information content (AvgIpc) is 3.65. The molecule has 0 heterocycles. The second-order valence-corrected chi connectivity index (χ2v) is 22.5. The van der Waals surface area contributed by atoms with Crippen molar-refractivity contribution in [3.63, 3.8) is 0 Å². The lowest BCUT2D eigenvalue weighted by molar-refractivity contribution is -0.142. The fourth-order valence-electron chi connectivity index (χ4n) is 10.3. The van der Waals surface area contributed by atoms with Gasteiger partial charge in [0.05, 0.1) is 55.8 Å². The summed E-state index contributed by atoms with van der Waals surface area (Å²) in [7, 11) is 0. The van der Waals surface area contributed by atoms with E-state index in [9.17, 15) is 63.6 Å². The number of carbonyl (C=O) groups excluding carboxylic acids is 8. The SMILES string of the molecule is CCc1cc(OCCCCN)ccc1-c1ccc(C[C@H](CC(=O)[C@H](CC(=O)O)NC(=O)[C@H](CO)CC(=O)[C@@H](NC(=O)[C@@](C)(CC(=O)[C@@H](NC(=O)CN)[C@@H](C)O)Cc2ccccc2F)[C@@H](C)O)C(=O)N[C@@H](CCCc2cc(C)cc(C)c2)C(N)=O)cc1. The molecule has 468 valence electrons. The number of amides is 5. The second kappa shape index (κ2) is 34.4. The van der Waals surface area contributed by atoms with Crippen LogP contribution in [0.2, 0.25) is 0 Å². The molecule has 4 aromatic carbocycles. The number of ketones is 3. The van der Waals surface area contributed by atoms with Crippen molar-refractivity contribution in [3.8, 4) is 16.9 Å². The van der Waals surface area contributed by atoms with Gasteiger partial charge in [-0.2, -0.15) is 0 Å². The minimum atomic E-state index is -1.93. The Labute approximate surface area is 501 Å². The molecule has 0 fully saturated rings. The lowest BCUT2D eigenvalue weighted by atomic mass is 9.76. The second-order valence-electron chi connectivity index (χ2n) is 22.5. The van der Waals surface area contributed by atoms with Crippen molar-refractivity contribution in [1.82, 2.24) is 21.3 Å². The van der Waals surface area contributed by atoms with Gasteiger partial charge in [-0.15, -0.1) is 0 Å². The molecule has 5 amide bonds. The lowest BCUT2D eigenvalue weighted by Crippen LogP contribution is -2.56. The highest BCUT2D eigenvalue weighted by Crippen LogP contribution is 2.32. The molecule has 0 radical (unpaired) electrons. The number of carboxylic acid groups (broad SMARTS) is 1. The van der Waals surface area contributed by atoms with Crippen molar-refractivity contribution in [1.29, 1.82) is 0 Å². The minimum absolute atomic E-state index is 0.0278. The first kappa shape index (κ1) is 70.7. The number of benzene rings is 4. The van der Waals surface area contributed by atoms with E-state index in [2.05, 4.69) is 21.3 Å². The van der Waals surface area contributed by atoms with Crippen LogP contribution in [0.25, 0.3) is 11.1 Å². The Hall–Kier alpha value is -7.76. The van der Waals surface area contributed by atoms with Gasteiger partial charge in [-0.05, 0) is 137 Å². The molecule has 86 heavy (non-hydrogen) atoms. The summed E-state index contributed by atoms with van der Waals surface area (Å²) >= 11 is 0. The summed E-state index contributed by atoms with van der Waals surface area (Å²) in [5.41, 5.74) is 21.4. The molecule has 0 aliphatic carbocycles. The van der Waals surface area contributed by atoms with Crippen molar-refractivity contribution in [2.75, 3.05) is 26.3 Å². The van der Waals surface area contributed by atoms with Crippen LogP contribution >= 0.6 is 0 Å². The fraction of sp³-hybridized carbons (Fsp3) is 0.484. The zero-order chi connectivity index (χ0) is 63.8. The first-order valence-electron chi connectivity index (χ1n) is 29.1. The van der Waals surface area contributed by atoms with E-state index < -0.39 is 158 Å². The van der Waals surface area contributed by atoms with E-state index in [1.54, 1.807) is 12.1 Å². The summed E-state index contributed by atoms with van der Waals surface area (Å²) < 4.78 is 21.1. The van der Waals surface area contributed by atoms with Crippen LogP contribution in [0.1, 0.15) is 112 Å². The fourth-order valence-corrected chi connectivity index (χ4v) is 10.3. The molecule has 9 atom stereocenters. The van der Waals surface area contributed by atoms with Crippen LogP contribution in [0.15, 0.2) is 84.9 Å². The van der Waals surface area contributed by atoms with Crippen LogP contribution in [0.3, 0.4) is 0 Å². The van der Waals surface area contributed by atoms with Crippen molar-refractivity contribution in [2.24, 2.45) is 34.5 Å². The Morgan fingerprint density at radius 3 is 1.88 bits per heavy atom. The highest BCUT2D eigenvalue weighted by atomic mass is 19.1. The molecule has 0 bridgehead atoms. The Bertz CT molecular complexity index is 2970. The van der Waals surface area contributed by atoms with E-state index >= 15 is 4.39 Å². The zero-order valence-electron chi connectivity index (χ0n) is 50.0. The van der Waals surface area contributed by atoms with Gasteiger partial charge >= 0.3 is 5.97 Å². The maximum absolute atomic E-state index is 15.1. The van der Waals surface area contributed by atoms with Gasteiger partial charge in [0, 0.05) is 25.2 Å². The molecule has 0 saturated carbocycles. The smallest absolute Gasteiger partial charge is 0.305 e. The number of carbonyl (C=O) groups is 9. The van der Waals surface area contributed by atoms with E-state index in [0.29, 0.717) is 38.0 Å². The number of primary amides is 1. The Kier molecular flexibility index (Phi) is 28.3. The highest BCUT2D eigenvalue weighted by Gasteiger charge is 2.42. The van der Waals surface area contributed by atoms with Crippen molar-refractivity contribution < 1.29 is 72.7 Å². The molecule has 0 aliphatic rings. The van der Waals surface area contributed by atoms with Gasteiger partial charge in [-0.25, -0.2) is 4.39 Å². The number of nitrogens with two attached hydrogens (primary N) is 3. The number of hydrogen-bond acceptors (Lipinski definition) is 15. The van der Waals surface area contributed by atoms with Crippen molar-refractivity contribution in [2.45, 2.75) is 155 Å². The maximum atomic E-state index is 15.1. The van der Waals surface area contributed by atoms with Crippen molar-refractivity contribution >= 4 is 52.9 Å². The summed E-state index contributed by atoms with van der Waals surface area (Å²) in [5.74, 6) is -12.0. The van der Waals surface area contributed by atoms with E-state index in [1.165, 1.54) is 32.0 Å². The summed E-state index contributed by atoms with van der Waals surface area (Å²) in [6.45, 7) is 9.05. The van der Waals surface area contributed by atoms with Crippen LogP contribution in [0.4, 0.5) is 4.39 Å². The minimum Gasteiger partial charge on any atom is -0.494 e. The number of aryl methyl sites for hydroxylation is 4. The van der Waals surface area contributed by atoms with Crippen LogP contribution in [0, 0.1) is 36.9 Å². The molecule has 0 aromatic heterocycles. The molecule has 4 rings (SSSR count). The standard InChI is InChI=1S/C64H86FN7O14/c1-7-43-29-48(86-24-11-10-23-66)21-22-49(43)44-19-17-41(18-20-44)28-46(61(83)69-51(60(68)82)16-12-13-42-26-37(2)25-38(3)27-42)30-53(76)52(32-57(80)81)70-62(84)47(36-73)31-54(77)58(39(4)74)72-63(85)64(6,33-45-14-8-9-15-50(45)65)34-55(78)59(40(5)75)71-56(79)35-67/h8-9,14-15,17-22,25-27,29,39-40,46-47,51-52,58-59,73-75H,7,10-13,16,23-24,28,30-36,66-67H2,1-6H3,(H2,68,82)(H,69,83)(H,70,84)(H,71,79)(H,72,85)(H,80,81)/t39-,40-,46-,47+,51+,52+,58+,59+,64-/m1/s1. The van der Waals surface area contributed by atoms with E-state index in [0.717, 1.165) is 65.0 Å². The number of Topliss-reactive ketones (excluding diaryl/α,β-unsaturated/α-hetero) is 3. The molecular weight excluding hydrogens is 1110 g/mol. The molecule has 0 saturated heterocycles. The van der Waals surface area contributed by atoms with Crippen LogP contribution in [-0.2, 0) is 68.8 Å². The number of halogens is 1. The number of carboxylic acids is 1. The van der Waals surface area contributed by atoms with Gasteiger partial charge in [0.2, 0.25) is 29.5 Å². The molecule has 14 N–H and O–H groups in total. The number of ether oxygens (including phenoxy) is 1. The number of hydrogen-bond donors (Lipinski definition) is 11. The van der Waals surface area contributed by atoms with Gasteiger partial charge in [-0.1, -0.05) is 91.7 Å². The van der Waals surface area contributed by atoms with Gasteiger partial charge in [-0.3, -0.25) is 43.2 Å². The zero-order valence-corrected chi connectivity index (χ0v) is 50.0. The molecular formula is C64H86FN7O14. The molecule has 22 heteroatoms. The normalized spacial score (nSPS) is 14.8. The first-order chi connectivity index (χ1) is 40.7. The van der Waals surface area contributed by atoms with Crippen LogP contribution < -0.4 is 43.2 Å². The third kappa shape index (κ3) is 21.9. The number of unbranched alkanes of at least 4 members (excludes halogenated alkanes) is 1. The lowest BCUT2D eigenvalue weighted by Gasteiger charge is -2.33. The Balaban J connectivity index is 1.61. The number of aliphatic hydroxyl groups is 3. The number of nitrogens with one attached hydrogen (secondary N) is 4. The van der Waals surface area contributed by atoms with Crippen molar-refractivity contribution in [3.05, 3.63) is 124 Å². The number of aliphatic carboxylic acids is 1. The number of rotatable bonds is 38. The monoisotopic (exact) mass is 1200 g/mol. The summed E-state index contributed by atoms with van der Waals surface area (Å²) in [6, 6.07) is 18.1. The van der Waals surface area contributed by atoms with Gasteiger partial charge in [0.1, 0.15) is 29.7 Å². The average molecular weight is 1200 g/mol. The van der Waals surface area contributed by atoms with Crippen LogP contribution in [0.5, 0.6) is 5.75 Å². The van der Waals surface area contributed by atoms with Gasteiger partial charge in [0.25, 0.3) is 0 Å².